The van der Waals surface area contributed by atoms with Gasteiger partial charge in [0.2, 0.25) is 11.8 Å². The molecule has 0 aliphatic heterocycles. The standard InChI is InChI=1S/C15H20F3N3O2.ClH/c1-9(8-20-3)12(22)21-14(2,13(19)23)10-5-4-6-11(7-10)15(16,17)18;/h4-7,9,20H,8H2,1-3H3,(H2,19,23)(H,21,22);1H. The van der Waals surface area contributed by atoms with E-state index in [9.17, 15) is 22.8 Å². The second-order valence-corrected chi connectivity index (χ2v) is 5.52. The number of carbonyl (C=O) groups excluding carboxylic acids is 2. The van der Waals surface area contributed by atoms with E-state index in [1.807, 2.05) is 0 Å². The first-order valence-corrected chi connectivity index (χ1v) is 6.96. The first kappa shape index (κ1) is 22.2. The SMILES string of the molecule is CNCC(C)C(=O)NC(C)(C(N)=O)c1cccc(C(F)(F)F)c1.Cl. The second kappa shape index (κ2) is 8.34. The summed E-state index contributed by atoms with van der Waals surface area (Å²) >= 11 is 0. The van der Waals surface area contributed by atoms with Crippen LogP contribution in [0.2, 0.25) is 0 Å². The molecular weight excluding hydrogens is 347 g/mol. The Morgan fingerprint density at radius 2 is 1.79 bits per heavy atom. The zero-order valence-corrected chi connectivity index (χ0v) is 14.3. The van der Waals surface area contributed by atoms with Crippen LogP contribution in [0.25, 0.3) is 0 Å². The molecule has 136 valence electrons. The Morgan fingerprint density at radius 3 is 2.25 bits per heavy atom. The quantitative estimate of drug-likeness (QED) is 0.716. The number of benzene rings is 1. The maximum Gasteiger partial charge on any atom is 0.416 e. The van der Waals surface area contributed by atoms with Gasteiger partial charge in [0.1, 0.15) is 5.54 Å². The number of primary amides is 1. The molecule has 1 rings (SSSR count). The molecular formula is C15H21ClF3N3O2. The van der Waals surface area contributed by atoms with Crippen LogP contribution < -0.4 is 16.4 Å². The molecule has 4 N–H and O–H groups in total. The lowest BCUT2D eigenvalue weighted by atomic mass is 9.89. The van der Waals surface area contributed by atoms with Crippen molar-refractivity contribution in [2.24, 2.45) is 11.7 Å². The third-order valence-corrected chi connectivity index (χ3v) is 3.59. The van der Waals surface area contributed by atoms with Crippen LogP contribution in [-0.4, -0.2) is 25.4 Å². The normalized spacial score (nSPS) is 14.9. The van der Waals surface area contributed by atoms with Gasteiger partial charge in [0.15, 0.2) is 0 Å². The van der Waals surface area contributed by atoms with E-state index in [1.165, 1.54) is 19.1 Å². The molecule has 1 aromatic rings. The lowest BCUT2D eigenvalue weighted by Crippen LogP contribution is -2.54. The number of hydrogen-bond donors (Lipinski definition) is 3. The molecule has 24 heavy (non-hydrogen) atoms. The third-order valence-electron chi connectivity index (χ3n) is 3.59. The molecule has 9 heteroatoms. The molecule has 0 spiro atoms. The molecule has 0 aliphatic rings. The molecule has 0 aromatic heterocycles. The third kappa shape index (κ3) is 5.10. The van der Waals surface area contributed by atoms with Crippen molar-refractivity contribution in [3.8, 4) is 0 Å². The van der Waals surface area contributed by atoms with Crippen molar-refractivity contribution in [3.63, 3.8) is 0 Å². The molecule has 2 amide bonds. The minimum Gasteiger partial charge on any atom is -0.367 e. The van der Waals surface area contributed by atoms with Gasteiger partial charge >= 0.3 is 6.18 Å². The number of alkyl halides is 3. The predicted octanol–water partition coefficient (Wildman–Crippen LogP) is 1.80. The molecule has 0 aliphatic carbocycles. The van der Waals surface area contributed by atoms with Gasteiger partial charge in [-0.1, -0.05) is 19.1 Å². The maximum absolute atomic E-state index is 12.8. The van der Waals surface area contributed by atoms with E-state index in [0.29, 0.717) is 6.54 Å². The average Bonchev–Trinajstić information content (AvgIpc) is 2.46. The Hall–Kier alpha value is -1.80. The van der Waals surface area contributed by atoms with E-state index in [2.05, 4.69) is 10.6 Å². The van der Waals surface area contributed by atoms with Gasteiger partial charge in [0, 0.05) is 12.5 Å². The molecule has 0 fully saturated rings. The van der Waals surface area contributed by atoms with Gasteiger partial charge < -0.3 is 16.4 Å². The van der Waals surface area contributed by atoms with E-state index in [0.717, 1.165) is 12.1 Å². The van der Waals surface area contributed by atoms with Crippen LogP contribution >= 0.6 is 12.4 Å². The van der Waals surface area contributed by atoms with Gasteiger partial charge in [-0.05, 0) is 31.7 Å². The number of hydrogen-bond acceptors (Lipinski definition) is 3. The Balaban J connectivity index is 0.00000529. The van der Waals surface area contributed by atoms with E-state index < -0.39 is 35.0 Å². The Kier molecular flexibility index (Phi) is 7.72. The summed E-state index contributed by atoms with van der Waals surface area (Å²) in [6.45, 7) is 3.26. The van der Waals surface area contributed by atoms with Crippen LogP contribution in [-0.2, 0) is 21.3 Å². The number of rotatable bonds is 6. The highest BCUT2D eigenvalue weighted by Crippen LogP contribution is 2.32. The minimum atomic E-state index is -4.56. The van der Waals surface area contributed by atoms with Crippen LogP contribution in [0.5, 0.6) is 0 Å². The minimum absolute atomic E-state index is 0. The highest BCUT2D eigenvalue weighted by molar-refractivity contribution is 5.91. The smallest absolute Gasteiger partial charge is 0.367 e. The largest absolute Gasteiger partial charge is 0.416 e. The fraction of sp³-hybridized carbons (Fsp3) is 0.467. The fourth-order valence-electron chi connectivity index (χ4n) is 2.05. The van der Waals surface area contributed by atoms with Gasteiger partial charge in [0.25, 0.3) is 0 Å². The van der Waals surface area contributed by atoms with Crippen molar-refractivity contribution in [3.05, 3.63) is 35.4 Å². The first-order valence-electron chi connectivity index (χ1n) is 6.96. The molecule has 0 bridgehead atoms. The summed E-state index contributed by atoms with van der Waals surface area (Å²) in [6, 6.07) is 4.19. The molecule has 5 nitrogen and oxygen atoms in total. The molecule has 0 heterocycles. The summed E-state index contributed by atoms with van der Waals surface area (Å²) in [6.07, 6.45) is -4.56. The fourth-order valence-corrected chi connectivity index (χ4v) is 2.05. The Labute approximate surface area is 144 Å². The average molecular weight is 368 g/mol. The first-order chi connectivity index (χ1) is 10.5. The van der Waals surface area contributed by atoms with Gasteiger partial charge in [0.05, 0.1) is 5.56 Å². The van der Waals surface area contributed by atoms with Crippen LogP contribution in [0.15, 0.2) is 24.3 Å². The van der Waals surface area contributed by atoms with Gasteiger partial charge in [-0.3, -0.25) is 9.59 Å². The predicted molar refractivity (Wildman–Crippen MR) is 86.5 cm³/mol. The van der Waals surface area contributed by atoms with Crippen LogP contribution in [0.1, 0.15) is 25.0 Å². The summed E-state index contributed by atoms with van der Waals surface area (Å²) in [5.74, 6) is -1.91. The topological polar surface area (TPSA) is 84.2 Å². The van der Waals surface area contributed by atoms with Gasteiger partial charge in [-0.2, -0.15) is 13.2 Å². The number of carbonyl (C=O) groups is 2. The van der Waals surface area contributed by atoms with Crippen molar-refractivity contribution in [2.45, 2.75) is 25.6 Å². The maximum atomic E-state index is 12.8. The lowest BCUT2D eigenvalue weighted by Gasteiger charge is -2.30. The highest BCUT2D eigenvalue weighted by atomic mass is 35.5. The Bertz CT molecular complexity index is 596. The molecule has 0 saturated heterocycles. The van der Waals surface area contributed by atoms with E-state index >= 15 is 0 Å². The molecule has 1 aromatic carbocycles. The number of halogens is 4. The molecule has 2 atom stereocenters. The van der Waals surface area contributed by atoms with Crippen molar-refractivity contribution in [1.82, 2.24) is 10.6 Å². The van der Waals surface area contributed by atoms with E-state index in [4.69, 9.17) is 5.73 Å². The van der Waals surface area contributed by atoms with Crippen LogP contribution in [0, 0.1) is 5.92 Å². The molecule has 0 saturated carbocycles. The van der Waals surface area contributed by atoms with Crippen molar-refractivity contribution >= 4 is 24.2 Å². The van der Waals surface area contributed by atoms with Crippen molar-refractivity contribution < 1.29 is 22.8 Å². The summed E-state index contributed by atoms with van der Waals surface area (Å²) < 4.78 is 38.5. The lowest BCUT2D eigenvalue weighted by molar-refractivity contribution is -0.138. The molecule has 0 radical (unpaired) electrons. The van der Waals surface area contributed by atoms with Crippen LogP contribution in [0.3, 0.4) is 0 Å². The van der Waals surface area contributed by atoms with E-state index in [1.54, 1.807) is 14.0 Å². The summed E-state index contributed by atoms with van der Waals surface area (Å²) in [4.78, 5) is 23.9. The summed E-state index contributed by atoms with van der Waals surface area (Å²) in [5.41, 5.74) is 2.66. The van der Waals surface area contributed by atoms with Crippen molar-refractivity contribution in [1.29, 1.82) is 0 Å². The van der Waals surface area contributed by atoms with Gasteiger partial charge in [-0.15, -0.1) is 12.4 Å². The van der Waals surface area contributed by atoms with Crippen molar-refractivity contribution in [2.75, 3.05) is 13.6 Å². The Morgan fingerprint density at radius 1 is 1.25 bits per heavy atom. The highest BCUT2D eigenvalue weighted by Gasteiger charge is 2.38. The number of nitrogens with two attached hydrogens (primary N) is 1. The zero-order valence-electron chi connectivity index (χ0n) is 13.5. The second-order valence-electron chi connectivity index (χ2n) is 5.52. The zero-order chi connectivity index (χ0) is 17.8. The summed E-state index contributed by atoms with van der Waals surface area (Å²) in [5, 5.41) is 5.26. The monoisotopic (exact) mass is 367 g/mol. The molecule has 2 unspecified atom stereocenters. The number of nitrogens with one attached hydrogen (secondary N) is 2. The summed E-state index contributed by atoms with van der Waals surface area (Å²) in [7, 11) is 1.66. The van der Waals surface area contributed by atoms with Crippen LogP contribution in [0.4, 0.5) is 13.2 Å². The van der Waals surface area contributed by atoms with Gasteiger partial charge in [-0.25, -0.2) is 0 Å². The van der Waals surface area contributed by atoms with E-state index in [-0.39, 0.29) is 18.0 Å². The number of amides is 2.